The van der Waals surface area contributed by atoms with E-state index >= 15 is 0 Å². The number of aromatic nitrogens is 2. The Morgan fingerprint density at radius 3 is 2.27 bits per heavy atom. The van der Waals surface area contributed by atoms with Gasteiger partial charge in [-0.25, -0.2) is 4.98 Å². The molecule has 33 heavy (non-hydrogen) atoms. The fourth-order valence-electron chi connectivity index (χ4n) is 4.25. The predicted molar refractivity (Wildman–Crippen MR) is 139 cm³/mol. The number of carbonyl (C=O) groups is 1. The lowest BCUT2D eigenvalue weighted by atomic mass is 10.0. The third-order valence-corrected chi connectivity index (χ3v) is 7.68. The fraction of sp³-hybridized carbons (Fsp3) is 0.500. The fourth-order valence-corrected chi connectivity index (χ4v) is 5.29. The van der Waals surface area contributed by atoms with Crippen molar-refractivity contribution in [3.63, 3.8) is 0 Å². The summed E-state index contributed by atoms with van der Waals surface area (Å²) in [5.74, 6) is 0.443. The smallest absolute Gasteiger partial charge is 0.263 e. The largest absolute Gasteiger partial charge is 0.324 e. The van der Waals surface area contributed by atoms with Gasteiger partial charge in [0, 0.05) is 10.6 Å². The van der Waals surface area contributed by atoms with Crippen LogP contribution in [0.1, 0.15) is 68.1 Å². The van der Waals surface area contributed by atoms with Crippen molar-refractivity contribution in [3.05, 3.63) is 55.9 Å². The summed E-state index contributed by atoms with van der Waals surface area (Å²) in [5.41, 5.74) is 3.89. The lowest BCUT2D eigenvalue weighted by molar-refractivity contribution is -0.119. The summed E-state index contributed by atoms with van der Waals surface area (Å²) in [7, 11) is 0. The number of aryl methyl sites for hydroxylation is 4. The molecule has 2 aromatic heterocycles. The van der Waals surface area contributed by atoms with Gasteiger partial charge in [-0.3, -0.25) is 19.1 Å². The van der Waals surface area contributed by atoms with Crippen LogP contribution in [0.5, 0.6) is 0 Å². The van der Waals surface area contributed by atoms with Crippen molar-refractivity contribution in [2.45, 2.75) is 73.9 Å². The van der Waals surface area contributed by atoms with Crippen LogP contribution in [-0.4, -0.2) is 33.4 Å². The molecule has 2 heterocycles. The van der Waals surface area contributed by atoms with Crippen molar-refractivity contribution in [1.29, 1.82) is 0 Å². The standard InChI is InChI=1S/C26H36N4O2S/c1-8-19-13-12-14-20(9-2)23(19)28-24(31)17(6)30-21(15-29(10-3)11-4)27-25-22(26(30)32)16(5)18(7)33-25/h12-14,17H,8-11,15H2,1-7H3,(H,28,31). The van der Waals surface area contributed by atoms with Crippen LogP contribution in [0.4, 0.5) is 5.69 Å². The number of hydrogen-bond donors (Lipinski definition) is 1. The highest BCUT2D eigenvalue weighted by atomic mass is 32.1. The van der Waals surface area contributed by atoms with E-state index in [9.17, 15) is 9.59 Å². The summed E-state index contributed by atoms with van der Waals surface area (Å²) < 4.78 is 1.61. The molecule has 3 aromatic rings. The number of nitrogens with zero attached hydrogens (tertiary/aromatic N) is 3. The van der Waals surface area contributed by atoms with E-state index in [-0.39, 0.29) is 11.5 Å². The number of amides is 1. The normalized spacial score (nSPS) is 12.5. The maximum atomic E-state index is 13.7. The molecule has 6 nitrogen and oxygen atoms in total. The number of thiophene rings is 1. The topological polar surface area (TPSA) is 67.2 Å². The first-order valence-electron chi connectivity index (χ1n) is 11.9. The molecule has 1 unspecified atom stereocenters. The Bertz CT molecular complexity index is 1180. The second-order valence-electron chi connectivity index (χ2n) is 8.45. The molecule has 3 rings (SSSR count). The summed E-state index contributed by atoms with van der Waals surface area (Å²) in [6.45, 7) is 16.3. The second kappa shape index (κ2) is 10.6. The molecule has 0 fully saturated rings. The van der Waals surface area contributed by atoms with Gasteiger partial charge in [0.2, 0.25) is 5.91 Å². The van der Waals surface area contributed by atoms with E-state index in [2.05, 4.69) is 37.9 Å². The van der Waals surface area contributed by atoms with Crippen LogP contribution in [0.2, 0.25) is 0 Å². The van der Waals surface area contributed by atoms with E-state index in [1.807, 2.05) is 32.0 Å². The molecule has 1 N–H and O–H groups in total. The maximum Gasteiger partial charge on any atom is 0.263 e. The molecular formula is C26H36N4O2S. The van der Waals surface area contributed by atoms with Crippen LogP contribution in [-0.2, 0) is 24.2 Å². The Labute approximate surface area is 200 Å². The number of fused-ring (bicyclic) bond motifs is 1. The summed E-state index contributed by atoms with van der Waals surface area (Å²) >= 11 is 1.55. The average Bonchev–Trinajstić information content (AvgIpc) is 3.10. The molecule has 178 valence electrons. The van der Waals surface area contributed by atoms with Crippen LogP contribution >= 0.6 is 11.3 Å². The summed E-state index contributed by atoms with van der Waals surface area (Å²) in [6.07, 6.45) is 1.65. The Balaban J connectivity index is 2.11. The van der Waals surface area contributed by atoms with Gasteiger partial charge in [0.1, 0.15) is 16.7 Å². The van der Waals surface area contributed by atoms with Gasteiger partial charge >= 0.3 is 0 Å². The Morgan fingerprint density at radius 1 is 1.12 bits per heavy atom. The molecule has 1 amide bonds. The molecule has 0 radical (unpaired) electrons. The average molecular weight is 469 g/mol. The zero-order valence-corrected chi connectivity index (χ0v) is 21.7. The minimum absolute atomic E-state index is 0.133. The van der Waals surface area contributed by atoms with Crippen LogP contribution in [0.25, 0.3) is 10.2 Å². The molecule has 0 bridgehead atoms. The molecule has 0 spiro atoms. The number of carbonyl (C=O) groups excluding carboxylic acids is 1. The van der Waals surface area contributed by atoms with Gasteiger partial charge in [0.15, 0.2) is 0 Å². The first-order chi connectivity index (χ1) is 15.8. The number of anilines is 1. The minimum Gasteiger partial charge on any atom is -0.324 e. The van der Waals surface area contributed by atoms with Crippen molar-refractivity contribution in [1.82, 2.24) is 14.5 Å². The van der Waals surface area contributed by atoms with Gasteiger partial charge in [0.25, 0.3) is 5.56 Å². The van der Waals surface area contributed by atoms with E-state index in [1.54, 1.807) is 22.8 Å². The zero-order chi connectivity index (χ0) is 24.3. The maximum absolute atomic E-state index is 13.7. The molecular weight excluding hydrogens is 432 g/mol. The molecule has 0 aliphatic heterocycles. The van der Waals surface area contributed by atoms with E-state index in [1.165, 1.54) is 0 Å². The first-order valence-corrected chi connectivity index (χ1v) is 12.7. The van der Waals surface area contributed by atoms with Gasteiger partial charge in [-0.1, -0.05) is 45.9 Å². The zero-order valence-electron chi connectivity index (χ0n) is 20.9. The molecule has 0 aliphatic rings. The van der Waals surface area contributed by atoms with Crippen LogP contribution in [0.15, 0.2) is 23.0 Å². The van der Waals surface area contributed by atoms with Gasteiger partial charge in [-0.2, -0.15) is 0 Å². The van der Waals surface area contributed by atoms with Gasteiger partial charge in [-0.15, -0.1) is 11.3 Å². The highest BCUT2D eigenvalue weighted by Gasteiger charge is 2.25. The van der Waals surface area contributed by atoms with Crippen molar-refractivity contribution in [2.24, 2.45) is 0 Å². The van der Waals surface area contributed by atoms with Gasteiger partial charge < -0.3 is 5.32 Å². The van der Waals surface area contributed by atoms with Crippen molar-refractivity contribution in [3.8, 4) is 0 Å². The Hall–Kier alpha value is -2.51. The minimum atomic E-state index is -0.686. The number of para-hydroxylation sites is 1. The molecule has 1 aromatic carbocycles. The molecule has 0 saturated heterocycles. The molecule has 0 saturated carbocycles. The number of nitrogens with one attached hydrogen (secondary N) is 1. The molecule has 1 atom stereocenters. The second-order valence-corrected chi connectivity index (χ2v) is 9.65. The van der Waals surface area contributed by atoms with Gasteiger partial charge in [-0.05, 0) is 63.4 Å². The molecule has 7 heteroatoms. The Kier molecular flexibility index (Phi) is 8.08. The molecule has 0 aliphatic carbocycles. The van der Waals surface area contributed by atoms with E-state index in [4.69, 9.17) is 4.98 Å². The monoisotopic (exact) mass is 468 g/mol. The third-order valence-electron chi connectivity index (χ3n) is 6.58. The van der Waals surface area contributed by atoms with E-state index < -0.39 is 6.04 Å². The highest BCUT2D eigenvalue weighted by Crippen LogP contribution is 2.28. The number of hydrogen-bond acceptors (Lipinski definition) is 5. The van der Waals surface area contributed by atoms with Crippen molar-refractivity contribution in [2.75, 3.05) is 18.4 Å². The predicted octanol–water partition coefficient (Wildman–Crippen LogP) is 5.24. The van der Waals surface area contributed by atoms with Gasteiger partial charge in [0.05, 0.1) is 11.9 Å². The van der Waals surface area contributed by atoms with E-state index in [0.29, 0.717) is 17.8 Å². The van der Waals surface area contributed by atoms with Crippen LogP contribution in [0.3, 0.4) is 0 Å². The SMILES string of the molecule is CCc1cccc(CC)c1NC(=O)C(C)n1c(CN(CC)CC)nc2sc(C)c(C)c2c1=O. The first kappa shape index (κ1) is 25.1. The van der Waals surface area contributed by atoms with Crippen LogP contribution < -0.4 is 10.9 Å². The third kappa shape index (κ3) is 4.89. The van der Waals surface area contributed by atoms with Crippen molar-refractivity contribution >= 4 is 33.1 Å². The summed E-state index contributed by atoms with van der Waals surface area (Å²) in [4.78, 5) is 36.2. The number of rotatable bonds is 9. The van der Waals surface area contributed by atoms with Crippen molar-refractivity contribution < 1.29 is 4.79 Å². The Morgan fingerprint density at radius 2 is 1.73 bits per heavy atom. The summed E-state index contributed by atoms with van der Waals surface area (Å²) in [6, 6.07) is 5.43. The van der Waals surface area contributed by atoms with Crippen LogP contribution in [0, 0.1) is 13.8 Å². The lowest BCUT2D eigenvalue weighted by Crippen LogP contribution is -2.37. The highest BCUT2D eigenvalue weighted by molar-refractivity contribution is 7.18. The van der Waals surface area contributed by atoms with E-state index in [0.717, 1.165) is 58.0 Å². The lowest BCUT2D eigenvalue weighted by Gasteiger charge is -2.24. The quantitative estimate of drug-likeness (QED) is 0.466. The number of benzene rings is 1. The summed E-state index contributed by atoms with van der Waals surface area (Å²) in [5, 5.41) is 3.77.